The number of carboxylic acid groups (broad SMARTS) is 1. The quantitative estimate of drug-likeness (QED) is 0.620. The first-order valence-electron chi connectivity index (χ1n) is 9.96. The molecule has 29 heavy (non-hydrogen) atoms. The number of carboxylic acids is 1. The van der Waals surface area contributed by atoms with Crippen LogP contribution in [-0.2, 0) is 16.1 Å². The number of aliphatic carboxylic acids is 1. The Morgan fingerprint density at radius 2 is 2.03 bits per heavy atom. The molecule has 158 valence electrons. The molecule has 0 aliphatic rings. The molecule has 1 aromatic carbocycles. The van der Waals surface area contributed by atoms with Gasteiger partial charge in [-0.3, -0.25) is 14.3 Å². The number of carbonyl (C=O) groups is 2. The third-order valence-electron chi connectivity index (χ3n) is 4.93. The van der Waals surface area contributed by atoms with Crippen LogP contribution < -0.4 is 4.74 Å². The molecule has 0 aliphatic heterocycles. The molecule has 1 unspecified atom stereocenters. The van der Waals surface area contributed by atoms with Crippen molar-refractivity contribution >= 4 is 11.9 Å². The Morgan fingerprint density at radius 3 is 2.69 bits per heavy atom. The molecule has 1 amide bonds. The highest BCUT2D eigenvalue weighted by Crippen LogP contribution is 2.22. The van der Waals surface area contributed by atoms with E-state index in [1.807, 2.05) is 36.9 Å². The van der Waals surface area contributed by atoms with Gasteiger partial charge in [0.1, 0.15) is 11.4 Å². The van der Waals surface area contributed by atoms with Crippen molar-refractivity contribution in [3.63, 3.8) is 0 Å². The largest absolute Gasteiger partial charge is 0.484 e. The van der Waals surface area contributed by atoms with Crippen molar-refractivity contribution in [1.82, 2.24) is 19.9 Å². The molecule has 0 saturated carbocycles. The van der Waals surface area contributed by atoms with Gasteiger partial charge in [0.05, 0.1) is 6.20 Å². The number of hydrogen-bond donors (Lipinski definition) is 1. The van der Waals surface area contributed by atoms with Gasteiger partial charge in [0, 0.05) is 31.1 Å². The molecule has 1 heterocycles. The van der Waals surface area contributed by atoms with Crippen molar-refractivity contribution in [3.05, 3.63) is 30.5 Å². The Balaban J connectivity index is 1.98. The highest BCUT2D eigenvalue weighted by atomic mass is 16.5. The van der Waals surface area contributed by atoms with Gasteiger partial charge >= 0.3 is 5.97 Å². The fourth-order valence-electron chi connectivity index (χ4n) is 2.96. The molecule has 1 N–H and O–H groups in total. The van der Waals surface area contributed by atoms with Crippen LogP contribution in [-0.4, -0.2) is 56.1 Å². The Bertz CT molecular complexity index is 819. The van der Waals surface area contributed by atoms with Gasteiger partial charge in [0.2, 0.25) is 0 Å². The molecule has 0 spiro atoms. The highest BCUT2D eigenvalue weighted by molar-refractivity contribution is 5.78. The van der Waals surface area contributed by atoms with Crippen LogP contribution in [0.5, 0.6) is 5.75 Å². The molecule has 0 bridgehead atoms. The fraction of sp³-hybridized carbons (Fsp3) is 0.524. The first kappa shape index (κ1) is 22.4. The molecular weight excluding hydrogens is 372 g/mol. The Morgan fingerprint density at radius 1 is 1.28 bits per heavy atom. The van der Waals surface area contributed by atoms with E-state index in [1.165, 1.54) is 0 Å². The number of likely N-dealkylation sites (N-methyl/N-ethyl adjacent to an activating group) is 1. The van der Waals surface area contributed by atoms with Crippen LogP contribution in [0.4, 0.5) is 0 Å². The average molecular weight is 402 g/mol. The summed E-state index contributed by atoms with van der Waals surface area (Å²) in [7, 11) is 0. The molecule has 0 radical (unpaired) electrons. The number of rotatable bonds is 11. The molecule has 1 aromatic heterocycles. The zero-order valence-corrected chi connectivity index (χ0v) is 17.5. The van der Waals surface area contributed by atoms with Crippen molar-refractivity contribution in [2.45, 2.75) is 53.1 Å². The number of carbonyl (C=O) groups excluding carboxylic acids is 1. The van der Waals surface area contributed by atoms with E-state index in [1.54, 1.807) is 16.9 Å². The lowest BCUT2D eigenvalue weighted by Gasteiger charge is -2.30. The molecule has 8 nitrogen and oxygen atoms in total. The summed E-state index contributed by atoms with van der Waals surface area (Å²) in [5.74, 6) is 0.0995. The summed E-state index contributed by atoms with van der Waals surface area (Å²) in [5.41, 5.74) is 1.49. The third kappa shape index (κ3) is 6.58. The van der Waals surface area contributed by atoms with Crippen molar-refractivity contribution < 1.29 is 19.4 Å². The van der Waals surface area contributed by atoms with E-state index in [4.69, 9.17) is 9.84 Å². The number of hydrogen-bond acceptors (Lipinski definition) is 5. The van der Waals surface area contributed by atoms with Gasteiger partial charge in [-0.15, -0.1) is 5.10 Å². The molecule has 2 aromatic rings. The molecule has 0 fully saturated rings. The first-order chi connectivity index (χ1) is 13.8. The number of benzene rings is 1. The predicted octanol–water partition coefficient (Wildman–Crippen LogP) is 3.08. The summed E-state index contributed by atoms with van der Waals surface area (Å²) in [6, 6.07) is 7.50. The second-order valence-electron chi connectivity index (χ2n) is 7.35. The lowest BCUT2D eigenvalue weighted by Crippen LogP contribution is -2.43. The second-order valence-corrected chi connectivity index (χ2v) is 7.35. The van der Waals surface area contributed by atoms with E-state index in [0.29, 0.717) is 36.9 Å². The standard InChI is InChI=1S/C21H30N4O4/c1-5-25(16(4)15(2)3)20(26)14-29-18-9-6-8-17(12-18)19-13-24(23-22-19)11-7-10-21(27)28/h6,8-9,12-13,15-16H,5,7,10-11,14H2,1-4H3,(H,27,28). The van der Waals surface area contributed by atoms with Crippen LogP contribution in [0.2, 0.25) is 0 Å². The van der Waals surface area contributed by atoms with Gasteiger partial charge in [-0.1, -0.05) is 31.2 Å². The maximum absolute atomic E-state index is 12.5. The van der Waals surface area contributed by atoms with Crippen LogP contribution in [0, 0.1) is 5.92 Å². The minimum atomic E-state index is -0.825. The summed E-state index contributed by atoms with van der Waals surface area (Å²) >= 11 is 0. The topological polar surface area (TPSA) is 97.5 Å². The van der Waals surface area contributed by atoms with Gasteiger partial charge in [-0.05, 0) is 38.3 Å². The Hall–Kier alpha value is -2.90. The lowest BCUT2D eigenvalue weighted by molar-refractivity contribution is -0.137. The van der Waals surface area contributed by atoms with E-state index in [9.17, 15) is 9.59 Å². The molecule has 2 rings (SSSR count). The van der Waals surface area contributed by atoms with E-state index in [0.717, 1.165) is 5.56 Å². The minimum Gasteiger partial charge on any atom is -0.484 e. The monoisotopic (exact) mass is 402 g/mol. The SMILES string of the molecule is CCN(C(=O)COc1cccc(-c2cn(CCCC(=O)O)nn2)c1)C(C)C(C)C. The molecule has 1 atom stereocenters. The van der Waals surface area contributed by atoms with Crippen molar-refractivity contribution in [3.8, 4) is 17.0 Å². The molecule has 8 heteroatoms. The summed E-state index contributed by atoms with van der Waals surface area (Å²) < 4.78 is 7.36. The maximum atomic E-state index is 12.5. The number of aryl methyl sites for hydroxylation is 1. The van der Waals surface area contributed by atoms with Crippen LogP contribution in [0.25, 0.3) is 11.3 Å². The molecule has 0 aliphatic carbocycles. The number of aromatic nitrogens is 3. The minimum absolute atomic E-state index is 0.0176. The zero-order valence-electron chi connectivity index (χ0n) is 17.5. The van der Waals surface area contributed by atoms with Gasteiger partial charge < -0.3 is 14.7 Å². The highest BCUT2D eigenvalue weighted by Gasteiger charge is 2.21. The summed E-state index contributed by atoms with van der Waals surface area (Å²) in [6.45, 7) is 9.33. The van der Waals surface area contributed by atoms with E-state index in [2.05, 4.69) is 24.2 Å². The molecule has 0 saturated heterocycles. The predicted molar refractivity (Wildman–Crippen MR) is 110 cm³/mol. The van der Waals surface area contributed by atoms with Crippen LogP contribution in [0.1, 0.15) is 40.5 Å². The number of nitrogens with zero attached hydrogens (tertiary/aromatic N) is 4. The average Bonchev–Trinajstić information content (AvgIpc) is 3.15. The summed E-state index contributed by atoms with van der Waals surface area (Å²) in [5, 5.41) is 16.9. The smallest absolute Gasteiger partial charge is 0.303 e. The second kappa shape index (κ2) is 10.6. The molecular formula is C21H30N4O4. The van der Waals surface area contributed by atoms with Gasteiger partial charge in [0.25, 0.3) is 5.91 Å². The van der Waals surface area contributed by atoms with Crippen LogP contribution >= 0.6 is 0 Å². The first-order valence-corrected chi connectivity index (χ1v) is 9.96. The lowest BCUT2D eigenvalue weighted by atomic mass is 10.0. The maximum Gasteiger partial charge on any atom is 0.303 e. The Labute approximate surface area is 171 Å². The van der Waals surface area contributed by atoms with Gasteiger partial charge in [-0.25, -0.2) is 0 Å². The number of ether oxygens (including phenoxy) is 1. The summed E-state index contributed by atoms with van der Waals surface area (Å²) in [4.78, 5) is 25.0. The van der Waals surface area contributed by atoms with Crippen molar-refractivity contribution in [2.24, 2.45) is 5.92 Å². The normalized spacial score (nSPS) is 12.0. The van der Waals surface area contributed by atoms with Crippen molar-refractivity contribution in [2.75, 3.05) is 13.2 Å². The van der Waals surface area contributed by atoms with Gasteiger partial charge in [0.15, 0.2) is 6.61 Å². The number of amides is 1. The fourth-order valence-corrected chi connectivity index (χ4v) is 2.96. The van der Waals surface area contributed by atoms with Crippen molar-refractivity contribution in [1.29, 1.82) is 0 Å². The zero-order chi connectivity index (χ0) is 21.4. The summed E-state index contributed by atoms with van der Waals surface area (Å²) in [6.07, 6.45) is 2.36. The Kier molecular flexibility index (Phi) is 8.18. The van der Waals surface area contributed by atoms with Crippen LogP contribution in [0.3, 0.4) is 0 Å². The van der Waals surface area contributed by atoms with Crippen LogP contribution in [0.15, 0.2) is 30.5 Å². The van der Waals surface area contributed by atoms with Gasteiger partial charge in [-0.2, -0.15) is 0 Å². The van der Waals surface area contributed by atoms with E-state index < -0.39 is 5.97 Å². The van der Waals surface area contributed by atoms with E-state index in [-0.39, 0.29) is 25.0 Å². The van der Waals surface area contributed by atoms with E-state index >= 15 is 0 Å². The third-order valence-corrected chi connectivity index (χ3v) is 4.93.